The van der Waals surface area contributed by atoms with Gasteiger partial charge < -0.3 is 0 Å². The highest BCUT2D eigenvalue weighted by atomic mass is 14.7. The first-order valence-electron chi connectivity index (χ1n) is 6.81. The van der Waals surface area contributed by atoms with E-state index in [0.717, 1.165) is 22.4 Å². The monoisotopic (exact) mass is 270 g/mol. The van der Waals surface area contributed by atoms with E-state index in [4.69, 9.17) is 0 Å². The number of pyridine rings is 1. The summed E-state index contributed by atoms with van der Waals surface area (Å²) in [6.07, 6.45) is 1.76. The third kappa shape index (κ3) is 2.54. The van der Waals surface area contributed by atoms with Gasteiger partial charge in [-0.1, -0.05) is 60.2 Å². The Bertz CT molecular complexity index is 797. The van der Waals surface area contributed by atoms with Gasteiger partial charge in [0.05, 0.1) is 11.3 Å². The van der Waals surface area contributed by atoms with E-state index >= 15 is 0 Å². The van der Waals surface area contributed by atoms with E-state index in [1.807, 2.05) is 48.5 Å². The van der Waals surface area contributed by atoms with Crippen LogP contribution in [0, 0.1) is 18.3 Å². The summed E-state index contributed by atoms with van der Waals surface area (Å²) in [4.78, 5) is 4.40. The standard InChI is InChI=1S/C19H14N2/c1-14-7-9-15(10-8-14)17-11-12-21-19(18(17)13-20)16-5-3-2-4-6-16/h2-12H,1H3. The summed E-state index contributed by atoms with van der Waals surface area (Å²) in [5.74, 6) is 0. The fourth-order valence-corrected chi connectivity index (χ4v) is 2.36. The molecule has 2 heteroatoms. The van der Waals surface area contributed by atoms with Crippen molar-refractivity contribution in [2.45, 2.75) is 6.92 Å². The van der Waals surface area contributed by atoms with Crippen LogP contribution in [0.3, 0.4) is 0 Å². The number of nitriles is 1. The topological polar surface area (TPSA) is 36.7 Å². The quantitative estimate of drug-likeness (QED) is 0.682. The van der Waals surface area contributed by atoms with E-state index in [1.165, 1.54) is 5.56 Å². The molecule has 0 aliphatic rings. The number of hydrogen-bond donors (Lipinski definition) is 0. The van der Waals surface area contributed by atoms with Gasteiger partial charge in [-0.15, -0.1) is 0 Å². The van der Waals surface area contributed by atoms with E-state index in [2.05, 4.69) is 30.1 Å². The Hall–Kier alpha value is -2.92. The zero-order chi connectivity index (χ0) is 14.7. The van der Waals surface area contributed by atoms with Gasteiger partial charge in [0.2, 0.25) is 0 Å². The van der Waals surface area contributed by atoms with E-state index in [-0.39, 0.29) is 0 Å². The van der Waals surface area contributed by atoms with Crippen LogP contribution in [0.1, 0.15) is 11.1 Å². The predicted octanol–water partition coefficient (Wildman–Crippen LogP) is 4.60. The molecule has 1 aromatic heterocycles. The van der Waals surface area contributed by atoms with E-state index in [1.54, 1.807) is 6.20 Å². The molecule has 0 aliphatic carbocycles. The fourth-order valence-electron chi connectivity index (χ4n) is 2.36. The Labute approximate surface area is 124 Å². The van der Waals surface area contributed by atoms with Crippen molar-refractivity contribution < 1.29 is 0 Å². The second-order valence-electron chi connectivity index (χ2n) is 4.93. The fraction of sp³-hybridized carbons (Fsp3) is 0.0526. The Kier molecular flexibility index (Phi) is 3.49. The van der Waals surface area contributed by atoms with Crippen LogP contribution in [-0.2, 0) is 0 Å². The van der Waals surface area contributed by atoms with Crippen molar-refractivity contribution in [3.63, 3.8) is 0 Å². The second kappa shape index (κ2) is 5.60. The van der Waals surface area contributed by atoms with Gasteiger partial charge in [-0.2, -0.15) is 5.26 Å². The summed E-state index contributed by atoms with van der Waals surface area (Å²) >= 11 is 0. The lowest BCUT2D eigenvalue weighted by Gasteiger charge is -2.09. The summed E-state index contributed by atoms with van der Waals surface area (Å²) in [7, 11) is 0. The largest absolute Gasteiger partial charge is 0.255 e. The normalized spacial score (nSPS) is 10.1. The molecule has 3 aromatic rings. The minimum absolute atomic E-state index is 0.618. The van der Waals surface area contributed by atoms with Crippen molar-refractivity contribution >= 4 is 0 Å². The Morgan fingerprint density at radius 1 is 0.857 bits per heavy atom. The molecule has 3 rings (SSSR count). The third-order valence-electron chi connectivity index (χ3n) is 3.47. The number of aryl methyl sites for hydroxylation is 1. The van der Waals surface area contributed by atoms with Crippen LogP contribution in [0.5, 0.6) is 0 Å². The molecule has 2 aromatic carbocycles. The summed E-state index contributed by atoms with van der Waals surface area (Å²) in [6, 6.07) is 22.2. The average molecular weight is 270 g/mol. The van der Waals surface area contributed by atoms with Gasteiger partial charge in [0, 0.05) is 17.3 Å². The molecular formula is C19H14N2. The molecule has 0 saturated carbocycles. The van der Waals surface area contributed by atoms with Gasteiger partial charge in [-0.3, -0.25) is 4.98 Å². The molecule has 2 nitrogen and oxygen atoms in total. The first-order chi connectivity index (χ1) is 10.3. The van der Waals surface area contributed by atoms with Crippen molar-refractivity contribution in [3.05, 3.63) is 78.0 Å². The number of aromatic nitrogens is 1. The van der Waals surface area contributed by atoms with Crippen molar-refractivity contribution in [2.24, 2.45) is 0 Å². The summed E-state index contributed by atoms with van der Waals surface area (Å²) in [5, 5.41) is 9.59. The van der Waals surface area contributed by atoms with Crippen molar-refractivity contribution in [2.75, 3.05) is 0 Å². The average Bonchev–Trinajstić information content (AvgIpc) is 2.55. The molecule has 0 amide bonds. The van der Waals surface area contributed by atoms with Gasteiger partial charge >= 0.3 is 0 Å². The van der Waals surface area contributed by atoms with Gasteiger partial charge in [0.25, 0.3) is 0 Å². The van der Waals surface area contributed by atoms with E-state index in [9.17, 15) is 5.26 Å². The molecule has 0 N–H and O–H groups in total. The van der Waals surface area contributed by atoms with Crippen molar-refractivity contribution in [1.82, 2.24) is 4.98 Å². The molecular weight excluding hydrogens is 256 g/mol. The molecule has 0 atom stereocenters. The van der Waals surface area contributed by atoms with Crippen LogP contribution in [0.4, 0.5) is 0 Å². The molecule has 0 spiro atoms. The van der Waals surface area contributed by atoms with E-state index < -0.39 is 0 Å². The summed E-state index contributed by atoms with van der Waals surface area (Å²) in [5.41, 5.74) is 5.48. The highest BCUT2D eigenvalue weighted by Gasteiger charge is 2.12. The maximum absolute atomic E-state index is 9.59. The Morgan fingerprint density at radius 3 is 2.24 bits per heavy atom. The number of nitrogens with zero attached hydrogens (tertiary/aromatic N) is 2. The molecule has 0 fully saturated rings. The summed E-state index contributed by atoms with van der Waals surface area (Å²) < 4.78 is 0. The maximum Gasteiger partial charge on any atom is 0.102 e. The molecule has 0 radical (unpaired) electrons. The molecule has 0 saturated heterocycles. The maximum atomic E-state index is 9.59. The van der Waals surface area contributed by atoms with Gasteiger partial charge in [-0.25, -0.2) is 0 Å². The van der Waals surface area contributed by atoms with Gasteiger partial charge in [0.15, 0.2) is 0 Å². The molecule has 1 heterocycles. The number of rotatable bonds is 2. The lowest BCUT2D eigenvalue weighted by atomic mass is 9.96. The highest BCUT2D eigenvalue weighted by molar-refractivity contribution is 5.79. The van der Waals surface area contributed by atoms with Crippen LogP contribution in [0.25, 0.3) is 22.4 Å². The first kappa shape index (κ1) is 13.1. The van der Waals surface area contributed by atoms with Crippen LogP contribution >= 0.6 is 0 Å². The second-order valence-corrected chi connectivity index (χ2v) is 4.93. The minimum Gasteiger partial charge on any atom is -0.255 e. The van der Waals surface area contributed by atoms with Gasteiger partial charge in [0.1, 0.15) is 6.07 Å². The number of hydrogen-bond acceptors (Lipinski definition) is 2. The van der Waals surface area contributed by atoms with E-state index in [0.29, 0.717) is 5.56 Å². The van der Waals surface area contributed by atoms with Crippen LogP contribution in [0.2, 0.25) is 0 Å². The van der Waals surface area contributed by atoms with Crippen molar-refractivity contribution in [1.29, 1.82) is 5.26 Å². The van der Waals surface area contributed by atoms with Crippen LogP contribution in [0.15, 0.2) is 66.9 Å². The smallest absolute Gasteiger partial charge is 0.102 e. The SMILES string of the molecule is Cc1ccc(-c2ccnc(-c3ccccc3)c2C#N)cc1. The van der Waals surface area contributed by atoms with Crippen LogP contribution < -0.4 is 0 Å². The molecule has 0 aliphatic heterocycles. The molecule has 0 unspecified atom stereocenters. The van der Waals surface area contributed by atoms with Gasteiger partial charge in [-0.05, 0) is 18.6 Å². The lowest BCUT2D eigenvalue weighted by Crippen LogP contribution is -1.93. The zero-order valence-corrected chi connectivity index (χ0v) is 11.7. The lowest BCUT2D eigenvalue weighted by molar-refractivity contribution is 1.30. The Morgan fingerprint density at radius 2 is 1.57 bits per heavy atom. The Balaban J connectivity index is 2.20. The zero-order valence-electron chi connectivity index (χ0n) is 11.7. The summed E-state index contributed by atoms with van der Waals surface area (Å²) in [6.45, 7) is 2.05. The molecule has 100 valence electrons. The number of benzene rings is 2. The highest BCUT2D eigenvalue weighted by Crippen LogP contribution is 2.30. The molecule has 0 bridgehead atoms. The third-order valence-corrected chi connectivity index (χ3v) is 3.47. The van der Waals surface area contributed by atoms with Crippen LogP contribution in [-0.4, -0.2) is 4.98 Å². The minimum atomic E-state index is 0.618. The first-order valence-corrected chi connectivity index (χ1v) is 6.81. The molecule has 21 heavy (non-hydrogen) atoms. The predicted molar refractivity (Wildman–Crippen MR) is 84.6 cm³/mol. The van der Waals surface area contributed by atoms with Crippen molar-refractivity contribution in [3.8, 4) is 28.5 Å².